The minimum absolute atomic E-state index is 0.0596. The van der Waals surface area contributed by atoms with E-state index < -0.39 is 22.7 Å². The molecule has 0 aliphatic carbocycles. The normalized spacial score (nSPS) is 11.8. The first-order valence-electron chi connectivity index (χ1n) is 8.16. The van der Waals surface area contributed by atoms with E-state index >= 15 is 0 Å². The number of amides is 1. The predicted octanol–water partition coefficient (Wildman–Crippen LogP) is 3.30. The van der Waals surface area contributed by atoms with Crippen molar-refractivity contribution in [2.45, 2.75) is 13.0 Å². The highest BCUT2D eigenvalue weighted by Crippen LogP contribution is 2.26. The highest BCUT2D eigenvalue weighted by atomic mass is 19.1. The molecule has 0 bridgehead atoms. The number of carbonyl (C=O) groups is 1. The topological polar surface area (TPSA) is 90.1 Å². The Morgan fingerprint density at radius 2 is 2.04 bits per heavy atom. The highest BCUT2D eigenvalue weighted by molar-refractivity contribution is 5.99. The average Bonchev–Trinajstić information content (AvgIpc) is 3.04. The minimum Gasteiger partial charge on any atom is -0.338 e. The molecule has 27 heavy (non-hydrogen) atoms. The molecule has 0 saturated heterocycles. The number of benzene rings is 2. The van der Waals surface area contributed by atoms with Crippen LogP contribution in [0.4, 0.5) is 10.1 Å². The third kappa shape index (κ3) is 3.69. The molecule has 1 amide bonds. The number of hydrogen-bond acceptors (Lipinski definition) is 4. The smallest absolute Gasteiger partial charge is 0.285 e. The number of carbonyl (C=O) groups excluding carboxylic acids is 1. The molecule has 0 saturated carbocycles. The number of para-hydroxylation sites is 1. The number of nitro benzene ring substituents is 1. The fourth-order valence-corrected chi connectivity index (χ4v) is 2.93. The van der Waals surface area contributed by atoms with Crippen LogP contribution in [-0.4, -0.2) is 20.4 Å². The Balaban J connectivity index is 2.03. The summed E-state index contributed by atoms with van der Waals surface area (Å²) in [6.45, 7) is 1.57. The van der Waals surface area contributed by atoms with Crippen LogP contribution in [0.1, 0.15) is 33.4 Å². The van der Waals surface area contributed by atoms with Gasteiger partial charge >= 0.3 is 0 Å². The summed E-state index contributed by atoms with van der Waals surface area (Å²) in [4.78, 5) is 27.9. The molecule has 0 fully saturated rings. The van der Waals surface area contributed by atoms with Crippen molar-refractivity contribution in [2.24, 2.45) is 7.05 Å². The summed E-state index contributed by atoms with van der Waals surface area (Å²) in [6, 6.07) is 9.55. The van der Waals surface area contributed by atoms with Gasteiger partial charge in [-0.05, 0) is 30.7 Å². The molecular weight excluding hydrogens is 351 g/mol. The summed E-state index contributed by atoms with van der Waals surface area (Å²) in [5.74, 6) is -0.616. The molecular formula is C19H17FN4O3. The van der Waals surface area contributed by atoms with Crippen LogP contribution in [0, 0.1) is 22.9 Å². The Morgan fingerprint density at radius 3 is 2.67 bits per heavy atom. The van der Waals surface area contributed by atoms with E-state index in [1.807, 2.05) is 0 Å². The second kappa shape index (κ2) is 7.36. The van der Waals surface area contributed by atoms with Crippen molar-refractivity contribution < 1.29 is 14.1 Å². The van der Waals surface area contributed by atoms with E-state index in [-0.39, 0.29) is 11.3 Å². The molecule has 0 spiro atoms. The summed E-state index contributed by atoms with van der Waals surface area (Å²) < 4.78 is 15.4. The van der Waals surface area contributed by atoms with Crippen molar-refractivity contribution in [3.8, 4) is 0 Å². The molecule has 2 aromatic carbocycles. The number of imidazole rings is 1. The summed E-state index contributed by atoms with van der Waals surface area (Å²) in [7, 11) is 1.75. The number of nitrogens with one attached hydrogen (secondary N) is 1. The summed E-state index contributed by atoms with van der Waals surface area (Å²) in [5.41, 5.74) is 0.545. The quantitative estimate of drug-likeness (QED) is 0.553. The molecule has 1 unspecified atom stereocenters. The van der Waals surface area contributed by atoms with Gasteiger partial charge in [-0.1, -0.05) is 24.3 Å². The first-order valence-corrected chi connectivity index (χ1v) is 8.16. The molecule has 1 aromatic heterocycles. The monoisotopic (exact) mass is 368 g/mol. The second-order valence-corrected chi connectivity index (χ2v) is 6.09. The van der Waals surface area contributed by atoms with Gasteiger partial charge in [-0.25, -0.2) is 9.37 Å². The molecule has 3 aromatic rings. The van der Waals surface area contributed by atoms with E-state index in [0.717, 1.165) is 0 Å². The van der Waals surface area contributed by atoms with Crippen LogP contribution in [0.5, 0.6) is 0 Å². The first-order chi connectivity index (χ1) is 12.9. The van der Waals surface area contributed by atoms with Gasteiger partial charge in [-0.15, -0.1) is 0 Å². The Hall–Kier alpha value is -3.55. The summed E-state index contributed by atoms with van der Waals surface area (Å²) >= 11 is 0. The lowest BCUT2D eigenvalue weighted by atomic mass is 10.0. The third-order valence-corrected chi connectivity index (χ3v) is 4.24. The highest BCUT2D eigenvalue weighted by Gasteiger charge is 2.27. The van der Waals surface area contributed by atoms with E-state index in [9.17, 15) is 19.3 Å². The Labute approximate surface area is 154 Å². The maximum absolute atomic E-state index is 13.7. The van der Waals surface area contributed by atoms with Crippen LogP contribution in [0.15, 0.2) is 54.9 Å². The van der Waals surface area contributed by atoms with E-state index in [2.05, 4.69) is 10.3 Å². The van der Waals surface area contributed by atoms with Gasteiger partial charge in [0.25, 0.3) is 11.6 Å². The maximum atomic E-state index is 13.7. The number of aromatic nitrogens is 2. The number of hydrogen-bond donors (Lipinski definition) is 1. The lowest BCUT2D eigenvalue weighted by Gasteiger charge is -2.19. The van der Waals surface area contributed by atoms with Crippen LogP contribution in [0.2, 0.25) is 0 Å². The van der Waals surface area contributed by atoms with Crippen LogP contribution in [-0.2, 0) is 7.05 Å². The molecule has 0 aliphatic heterocycles. The van der Waals surface area contributed by atoms with Crippen LogP contribution < -0.4 is 5.32 Å². The van der Waals surface area contributed by atoms with Crippen molar-refractivity contribution in [1.29, 1.82) is 0 Å². The number of halogens is 1. The zero-order valence-corrected chi connectivity index (χ0v) is 14.7. The molecule has 7 nitrogen and oxygen atoms in total. The van der Waals surface area contributed by atoms with Crippen LogP contribution in [0.25, 0.3) is 0 Å². The predicted molar refractivity (Wildman–Crippen MR) is 96.8 cm³/mol. The van der Waals surface area contributed by atoms with Crippen LogP contribution in [0.3, 0.4) is 0 Å². The fraction of sp³-hybridized carbons (Fsp3) is 0.158. The molecule has 3 rings (SSSR count). The fourth-order valence-electron chi connectivity index (χ4n) is 2.93. The van der Waals surface area contributed by atoms with E-state index in [1.165, 1.54) is 24.3 Å². The van der Waals surface area contributed by atoms with Gasteiger partial charge in [0.05, 0.1) is 4.92 Å². The largest absolute Gasteiger partial charge is 0.338 e. The van der Waals surface area contributed by atoms with Gasteiger partial charge in [-0.2, -0.15) is 0 Å². The van der Waals surface area contributed by atoms with Gasteiger partial charge in [-0.3, -0.25) is 14.9 Å². The maximum Gasteiger partial charge on any atom is 0.285 e. The van der Waals surface area contributed by atoms with Crippen molar-refractivity contribution in [1.82, 2.24) is 14.9 Å². The Morgan fingerprint density at radius 1 is 1.30 bits per heavy atom. The average molecular weight is 368 g/mol. The van der Waals surface area contributed by atoms with Crippen molar-refractivity contribution in [3.05, 3.63) is 93.3 Å². The summed E-state index contributed by atoms with van der Waals surface area (Å²) in [6.07, 6.45) is 3.26. The molecule has 0 radical (unpaired) electrons. The Kier molecular flexibility index (Phi) is 4.98. The van der Waals surface area contributed by atoms with Gasteiger partial charge in [0.2, 0.25) is 0 Å². The molecule has 8 heteroatoms. The number of aryl methyl sites for hydroxylation is 2. The molecule has 1 atom stereocenters. The number of rotatable bonds is 5. The lowest BCUT2D eigenvalue weighted by Crippen LogP contribution is -2.31. The molecule has 1 N–H and O–H groups in total. The van der Waals surface area contributed by atoms with Gasteiger partial charge in [0.1, 0.15) is 23.2 Å². The zero-order valence-electron chi connectivity index (χ0n) is 14.7. The first kappa shape index (κ1) is 18.2. The van der Waals surface area contributed by atoms with Gasteiger partial charge in [0.15, 0.2) is 0 Å². The van der Waals surface area contributed by atoms with Crippen molar-refractivity contribution in [3.63, 3.8) is 0 Å². The molecule has 1 heterocycles. The van der Waals surface area contributed by atoms with Crippen molar-refractivity contribution >= 4 is 11.6 Å². The van der Waals surface area contributed by atoms with Gasteiger partial charge in [0, 0.05) is 25.0 Å². The third-order valence-electron chi connectivity index (χ3n) is 4.24. The number of nitro groups is 1. The lowest BCUT2D eigenvalue weighted by molar-refractivity contribution is -0.385. The van der Waals surface area contributed by atoms with Crippen molar-refractivity contribution in [2.75, 3.05) is 0 Å². The van der Waals surface area contributed by atoms with E-state index in [4.69, 9.17) is 0 Å². The molecule has 0 aliphatic rings. The minimum atomic E-state index is -0.770. The van der Waals surface area contributed by atoms with Crippen LogP contribution >= 0.6 is 0 Å². The molecule has 138 valence electrons. The second-order valence-electron chi connectivity index (χ2n) is 6.09. The standard InChI is InChI=1S/C19H17FN4O3/c1-12-5-3-8-15(17(12)24(26)27)19(25)22-16(18-21-9-10-23(18)2)13-6-4-7-14(20)11-13/h3-11,16H,1-2H3,(H,22,25). The Bertz CT molecular complexity index is 1020. The number of nitrogens with zero attached hydrogens (tertiary/aromatic N) is 3. The SMILES string of the molecule is Cc1cccc(C(=O)NC(c2cccc(F)c2)c2nccn2C)c1[N+](=O)[O-]. The van der Waals surface area contributed by atoms with Gasteiger partial charge < -0.3 is 9.88 Å². The summed E-state index contributed by atoms with van der Waals surface area (Å²) in [5, 5.41) is 14.1. The van der Waals surface area contributed by atoms with E-state index in [1.54, 1.807) is 49.1 Å². The zero-order chi connectivity index (χ0) is 19.6. The van der Waals surface area contributed by atoms with E-state index in [0.29, 0.717) is 17.0 Å².